The fourth-order valence-electron chi connectivity index (χ4n) is 2.08. The van der Waals surface area contributed by atoms with E-state index in [0.29, 0.717) is 16.6 Å². The standard InChI is InChI=1S/C12H12Cl2FN3/c1-3-6-5(2)17-8-4-7(13)11(15)10(14)9(8)12(6)18-16/h4H,3,16H2,1-2H3,(H,17,18). The number of benzene rings is 1. The fraction of sp³-hybridized carbons (Fsp3) is 0.250. The maximum absolute atomic E-state index is 13.8. The highest BCUT2D eigenvalue weighted by molar-refractivity contribution is 6.39. The van der Waals surface area contributed by atoms with Gasteiger partial charge < -0.3 is 5.43 Å². The number of nitrogens with one attached hydrogen (secondary N) is 1. The van der Waals surface area contributed by atoms with Crippen molar-refractivity contribution in [1.29, 1.82) is 0 Å². The molecule has 0 aliphatic rings. The van der Waals surface area contributed by atoms with Gasteiger partial charge >= 0.3 is 0 Å². The molecule has 6 heteroatoms. The number of aryl methyl sites for hydroxylation is 1. The molecule has 3 N–H and O–H groups in total. The molecule has 18 heavy (non-hydrogen) atoms. The second-order valence-electron chi connectivity index (χ2n) is 3.93. The molecule has 0 saturated heterocycles. The minimum atomic E-state index is -0.657. The summed E-state index contributed by atoms with van der Waals surface area (Å²) >= 11 is 11.8. The maximum atomic E-state index is 13.8. The molecule has 0 unspecified atom stereocenters. The Bertz CT molecular complexity index is 629. The van der Waals surface area contributed by atoms with Crippen molar-refractivity contribution in [1.82, 2.24) is 4.98 Å². The first-order chi connectivity index (χ1) is 8.51. The van der Waals surface area contributed by atoms with Gasteiger partial charge in [-0.25, -0.2) is 4.39 Å². The van der Waals surface area contributed by atoms with E-state index in [1.165, 1.54) is 6.07 Å². The third-order valence-corrected chi connectivity index (χ3v) is 3.55. The van der Waals surface area contributed by atoms with Gasteiger partial charge in [0, 0.05) is 11.1 Å². The molecule has 0 atom stereocenters. The van der Waals surface area contributed by atoms with Crippen LogP contribution in [-0.4, -0.2) is 4.98 Å². The lowest BCUT2D eigenvalue weighted by Gasteiger charge is -2.15. The van der Waals surface area contributed by atoms with Crippen molar-refractivity contribution in [3.05, 3.63) is 33.2 Å². The Morgan fingerprint density at radius 3 is 2.67 bits per heavy atom. The number of nitrogen functional groups attached to an aromatic ring is 1. The first-order valence-corrected chi connectivity index (χ1v) is 6.20. The van der Waals surface area contributed by atoms with Crippen molar-refractivity contribution in [2.24, 2.45) is 5.84 Å². The van der Waals surface area contributed by atoms with Crippen LogP contribution in [0.5, 0.6) is 0 Å². The van der Waals surface area contributed by atoms with Crippen molar-refractivity contribution in [2.45, 2.75) is 20.3 Å². The molecule has 0 aliphatic heterocycles. The lowest BCUT2D eigenvalue weighted by molar-refractivity contribution is 0.630. The second kappa shape index (κ2) is 4.88. The predicted octanol–water partition coefficient (Wildman–Crippen LogP) is 3.84. The number of rotatable bonds is 2. The summed E-state index contributed by atoms with van der Waals surface area (Å²) in [6.45, 7) is 3.83. The summed E-state index contributed by atoms with van der Waals surface area (Å²) < 4.78 is 13.8. The Morgan fingerprint density at radius 1 is 1.44 bits per heavy atom. The molecule has 0 aliphatic carbocycles. The van der Waals surface area contributed by atoms with Gasteiger partial charge in [0.25, 0.3) is 0 Å². The molecule has 1 heterocycles. The van der Waals surface area contributed by atoms with Crippen LogP contribution in [0.4, 0.5) is 10.1 Å². The number of anilines is 1. The van der Waals surface area contributed by atoms with Crippen LogP contribution in [0, 0.1) is 12.7 Å². The third-order valence-electron chi connectivity index (χ3n) is 2.92. The third kappa shape index (κ3) is 1.90. The SMILES string of the molecule is CCc1c(C)nc2cc(Cl)c(F)c(Cl)c2c1NN. The number of pyridine rings is 1. The Balaban J connectivity index is 2.99. The average molecular weight is 288 g/mol. The van der Waals surface area contributed by atoms with E-state index >= 15 is 0 Å². The van der Waals surface area contributed by atoms with Crippen LogP contribution in [-0.2, 0) is 6.42 Å². The van der Waals surface area contributed by atoms with Crippen LogP contribution in [0.1, 0.15) is 18.2 Å². The summed E-state index contributed by atoms with van der Waals surface area (Å²) in [7, 11) is 0. The van der Waals surface area contributed by atoms with Crippen LogP contribution in [0.25, 0.3) is 10.9 Å². The molecule has 2 rings (SSSR count). The van der Waals surface area contributed by atoms with Crippen LogP contribution in [0.3, 0.4) is 0 Å². The molecule has 0 amide bonds. The first-order valence-electron chi connectivity index (χ1n) is 5.44. The van der Waals surface area contributed by atoms with Gasteiger partial charge in [-0.3, -0.25) is 10.8 Å². The van der Waals surface area contributed by atoms with Crippen molar-refractivity contribution >= 4 is 39.8 Å². The van der Waals surface area contributed by atoms with Crippen molar-refractivity contribution in [2.75, 3.05) is 5.43 Å². The van der Waals surface area contributed by atoms with E-state index in [9.17, 15) is 4.39 Å². The van der Waals surface area contributed by atoms with Crippen LogP contribution in [0.2, 0.25) is 10.0 Å². The van der Waals surface area contributed by atoms with Gasteiger partial charge in [-0.05, 0) is 25.0 Å². The van der Waals surface area contributed by atoms with Gasteiger partial charge in [0.05, 0.1) is 21.2 Å². The van der Waals surface area contributed by atoms with Gasteiger partial charge in [-0.15, -0.1) is 0 Å². The quantitative estimate of drug-likeness (QED) is 0.501. The number of nitrogens with two attached hydrogens (primary N) is 1. The molecular formula is C12H12Cl2FN3. The van der Waals surface area contributed by atoms with Crippen molar-refractivity contribution in [3.8, 4) is 0 Å². The normalized spacial score (nSPS) is 11.0. The van der Waals surface area contributed by atoms with E-state index in [2.05, 4.69) is 10.4 Å². The van der Waals surface area contributed by atoms with E-state index in [-0.39, 0.29) is 10.0 Å². The Labute approximate surface area is 114 Å². The Morgan fingerprint density at radius 2 is 2.11 bits per heavy atom. The number of hydrogen-bond acceptors (Lipinski definition) is 3. The van der Waals surface area contributed by atoms with Gasteiger partial charge in [-0.1, -0.05) is 30.1 Å². The zero-order valence-corrected chi connectivity index (χ0v) is 11.5. The second-order valence-corrected chi connectivity index (χ2v) is 4.71. The highest BCUT2D eigenvalue weighted by atomic mass is 35.5. The maximum Gasteiger partial charge on any atom is 0.161 e. The fourth-order valence-corrected chi connectivity index (χ4v) is 2.62. The molecule has 2 aromatic rings. The number of fused-ring (bicyclic) bond motifs is 1. The average Bonchev–Trinajstić information content (AvgIpc) is 2.34. The molecule has 0 fully saturated rings. The van der Waals surface area contributed by atoms with E-state index in [1.54, 1.807) is 0 Å². The van der Waals surface area contributed by atoms with Crippen LogP contribution in [0.15, 0.2) is 6.07 Å². The molecule has 1 aromatic heterocycles. The monoisotopic (exact) mass is 287 g/mol. The molecule has 3 nitrogen and oxygen atoms in total. The van der Waals surface area contributed by atoms with Crippen LogP contribution >= 0.6 is 23.2 Å². The zero-order chi connectivity index (χ0) is 13.4. The van der Waals surface area contributed by atoms with E-state index in [4.69, 9.17) is 29.0 Å². The summed E-state index contributed by atoms with van der Waals surface area (Å²) in [5, 5.41) is 0.350. The topological polar surface area (TPSA) is 50.9 Å². The van der Waals surface area contributed by atoms with Gasteiger partial charge in [0.1, 0.15) is 0 Å². The summed E-state index contributed by atoms with van der Waals surface area (Å²) in [5.74, 6) is 4.87. The molecule has 0 saturated carbocycles. The lowest BCUT2D eigenvalue weighted by Crippen LogP contribution is -2.12. The minimum Gasteiger partial charge on any atom is -0.323 e. The summed E-state index contributed by atoms with van der Waals surface area (Å²) in [4.78, 5) is 4.39. The molecule has 0 spiro atoms. The molecule has 96 valence electrons. The number of hydrogen-bond donors (Lipinski definition) is 2. The van der Waals surface area contributed by atoms with Crippen LogP contribution < -0.4 is 11.3 Å². The highest BCUT2D eigenvalue weighted by Crippen LogP contribution is 2.37. The number of halogens is 3. The van der Waals surface area contributed by atoms with Gasteiger partial charge in [0.2, 0.25) is 0 Å². The molecule has 0 bridgehead atoms. The number of aromatic nitrogens is 1. The predicted molar refractivity (Wildman–Crippen MR) is 73.6 cm³/mol. The van der Waals surface area contributed by atoms with Crippen molar-refractivity contribution < 1.29 is 4.39 Å². The molecular weight excluding hydrogens is 276 g/mol. The summed E-state index contributed by atoms with van der Waals surface area (Å²) in [6.07, 6.45) is 0.717. The number of hydrazine groups is 1. The Kier molecular flexibility index (Phi) is 3.61. The van der Waals surface area contributed by atoms with E-state index in [0.717, 1.165) is 17.7 Å². The zero-order valence-electron chi connectivity index (χ0n) is 9.94. The minimum absolute atomic E-state index is 0.0494. The van der Waals surface area contributed by atoms with Gasteiger partial charge in [-0.2, -0.15) is 0 Å². The highest BCUT2D eigenvalue weighted by Gasteiger charge is 2.18. The summed E-state index contributed by atoms with van der Waals surface area (Å²) in [5.41, 5.74) is 5.43. The molecule has 0 radical (unpaired) electrons. The van der Waals surface area contributed by atoms with E-state index in [1.807, 2.05) is 13.8 Å². The first kappa shape index (κ1) is 13.3. The Hall–Kier alpha value is -1.10. The smallest absolute Gasteiger partial charge is 0.161 e. The summed E-state index contributed by atoms with van der Waals surface area (Å²) in [6, 6.07) is 1.45. The van der Waals surface area contributed by atoms with Gasteiger partial charge in [0.15, 0.2) is 5.82 Å². The van der Waals surface area contributed by atoms with E-state index < -0.39 is 5.82 Å². The number of nitrogens with zero attached hydrogens (tertiary/aromatic N) is 1. The molecule has 1 aromatic carbocycles. The van der Waals surface area contributed by atoms with Crippen molar-refractivity contribution in [3.63, 3.8) is 0 Å². The largest absolute Gasteiger partial charge is 0.323 e. The lowest BCUT2D eigenvalue weighted by atomic mass is 10.0.